The molecule has 0 spiro atoms. The summed E-state index contributed by atoms with van der Waals surface area (Å²) in [5, 5.41) is 5.14. The molecule has 28 heavy (non-hydrogen) atoms. The van der Waals surface area contributed by atoms with Gasteiger partial charge in [-0.25, -0.2) is 13.6 Å². The number of hydrogen-bond donors (Lipinski definition) is 2. The van der Waals surface area contributed by atoms with Gasteiger partial charge in [0.05, 0.1) is 4.90 Å². The fraction of sp³-hybridized carbons (Fsp3) is 0.263. The first-order chi connectivity index (χ1) is 13.3. The average Bonchev–Trinajstić information content (AvgIpc) is 2.68. The highest BCUT2D eigenvalue weighted by Gasteiger charge is 2.30. The molecule has 3 rings (SSSR count). The third kappa shape index (κ3) is 4.38. The predicted molar refractivity (Wildman–Crippen MR) is 104 cm³/mol. The molecular weight excluding hydrogens is 380 g/mol. The van der Waals surface area contributed by atoms with Gasteiger partial charge in [-0.1, -0.05) is 36.4 Å². The summed E-state index contributed by atoms with van der Waals surface area (Å²) in [7, 11) is -3.88. The van der Waals surface area contributed by atoms with Crippen molar-refractivity contribution in [3.05, 3.63) is 65.7 Å². The van der Waals surface area contributed by atoms with Crippen molar-refractivity contribution < 1.29 is 18.0 Å². The van der Waals surface area contributed by atoms with Crippen LogP contribution < -0.4 is 10.9 Å². The molecule has 2 aromatic rings. The molecule has 0 aliphatic carbocycles. The van der Waals surface area contributed by atoms with Gasteiger partial charge in [0.1, 0.15) is 6.04 Å². The molecule has 8 nitrogen and oxygen atoms in total. The van der Waals surface area contributed by atoms with Crippen LogP contribution in [0.2, 0.25) is 0 Å². The molecule has 1 fully saturated rings. The number of hydrogen-bond acceptors (Lipinski definition) is 5. The number of nitrogens with two attached hydrogens (primary N) is 2. The summed E-state index contributed by atoms with van der Waals surface area (Å²) < 4.78 is 23.0. The molecule has 0 bridgehead atoms. The van der Waals surface area contributed by atoms with Gasteiger partial charge >= 0.3 is 0 Å². The number of amides is 2. The van der Waals surface area contributed by atoms with Crippen molar-refractivity contribution in [2.75, 3.05) is 26.2 Å². The van der Waals surface area contributed by atoms with Gasteiger partial charge in [0.15, 0.2) is 0 Å². The fourth-order valence-electron chi connectivity index (χ4n) is 3.36. The lowest BCUT2D eigenvalue weighted by atomic mass is 10.0. The van der Waals surface area contributed by atoms with Crippen LogP contribution in [0.1, 0.15) is 22.0 Å². The van der Waals surface area contributed by atoms with E-state index in [-0.39, 0.29) is 16.4 Å². The Bertz CT molecular complexity index is 970. The van der Waals surface area contributed by atoms with Crippen LogP contribution in [0.25, 0.3) is 0 Å². The molecule has 1 heterocycles. The van der Waals surface area contributed by atoms with Gasteiger partial charge < -0.3 is 10.6 Å². The molecule has 0 saturated carbocycles. The van der Waals surface area contributed by atoms with Crippen molar-refractivity contribution in [1.82, 2.24) is 9.80 Å². The molecule has 4 N–H and O–H groups in total. The molecule has 1 aliphatic heterocycles. The summed E-state index contributed by atoms with van der Waals surface area (Å²) in [4.78, 5) is 28.2. The van der Waals surface area contributed by atoms with Crippen LogP contribution in [-0.2, 0) is 14.8 Å². The monoisotopic (exact) mass is 402 g/mol. The van der Waals surface area contributed by atoms with Gasteiger partial charge in [0, 0.05) is 31.7 Å². The molecule has 1 unspecified atom stereocenters. The number of primary amides is 1. The Balaban J connectivity index is 1.71. The quantitative estimate of drug-likeness (QED) is 0.745. The molecule has 0 radical (unpaired) electrons. The van der Waals surface area contributed by atoms with Gasteiger partial charge in [-0.3, -0.25) is 14.5 Å². The second kappa shape index (κ2) is 8.09. The van der Waals surface area contributed by atoms with Crippen LogP contribution in [0.5, 0.6) is 0 Å². The van der Waals surface area contributed by atoms with Crippen LogP contribution in [0, 0.1) is 0 Å². The summed E-state index contributed by atoms with van der Waals surface area (Å²) in [6.07, 6.45) is 0. The maximum Gasteiger partial charge on any atom is 0.253 e. The van der Waals surface area contributed by atoms with E-state index in [1.54, 1.807) is 11.0 Å². The lowest BCUT2D eigenvalue weighted by Crippen LogP contribution is -2.51. The minimum Gasteiger partial charge on any atom is -0.368 e. The van der Waals surface area contributed by atoms with Crippen LogP contribution in [0.15, 0.2) is 59.5 Å². The van der Waals surface area contributed by atoms with E-state index in [2.05, 4.69) is 0 Å². The minimum absolute atomic E-state index is 0.102. The molecule has 2 aromatic carbocycles. The summed E-state index contributed by atoms with van der Waals surface area (Å²) >= 11 is 0. The molecule has 0 aromatic heterocycles. The van der Waals surface area contributed by atoms with Crippen LogP contribution in [0.3, 0.4) is 0 Å². The van der Waals surface area contributed by atoms with Crippen molar-refractivity contribution in [3.8, 4) is 0 Å². The molecule has 9 heteroatoms. The number of piperazine rings is 1. The Hall–Kier alpha value is -2.75. The summed E-state index contributed by atoms with van der Waals surface area (Å²) in [6, 6.07) is 14.4. The Kier molecular flexibility index (Phi) is 5.78. The summed E-state index contributed by atoms with van der Waals surface area (Å²) in [5.74, 6) is -0.715. The Morgan fingerprint density at radius 3 is 2.14 bits per heavy atom. The lowest BCUT2D eigenvalue weighted by molar-refractivity contribution is -0.124. The summed E-state index contributed by atoms with van der Waals surface area (Å²) in [5.41, 5.74) is 6.69. The van der Waals surface area contributed by atoms with Crippen molar-refractivity contribution in [2.24, 2.45) is 10.9 Å². The van der Waals surface area contributed by atoms with Gasteiger partial charge in [-0.2, -0.15) is 0 Å². The molecule has 1 saturated heterocycles. The molecule has 1 aliphatic rings. The number of rotatable bonds is 5. The van der Waals surface area contributed by atoms with Crippen molar-refractivity contribution in [2.45, 2.75) is 10.9 Å². The smallest absolute Gasteiger partial charge is 0.253 e. The van der Waals surface area contributed by atoms with Crippen LogP contribution in [-0.4, -0.2) is 56.2 Å². The Morgan fingerprint density at radius 2 is 1.57 bits per heavy atom. The SMILES string of the molecule is NC(=O)C(c1ccccc1)N1CCN(C(=O)c2cccc(S(N)(=O)=O)c2)CC1. The maximum atomic E-state index is 12.7. The zero-order chi connectivity index (χ0) is 20.3. The van der Waals surface area contributed by atoms with E-state index in [0.29, 0.717) is 26.2 Å². The second-order valence-electron chi connectivity index (χ2n) is 6.62. The Labute approximate surface area is 163 Å². The highest BCUT2D eigenvalue weighted by molar-refractivity contribution is 7.89. The second-order valence-corrected chi connectivity index (χ2v) is 8.18. The number of sulfonamides is 1. The first-order valence-corrected chi connectivity index (χ1v) is 10.3. The lowest BCUT2D eigenvalue weighted by Gasteiger charge is -2.38. The Morgan fingerprint density at radius 1 is 0.929 bits per heavy atom. The van der Waals surface area contributed by atoms with Gasteiger partial charge in [0.2, 0.25) is 15.9 Å². The molecule has 2 amide bonds. The van der Waals surface area contributed by atoms with E-state index in [1.807, 2.05) is 35.2 Å². The van der Waals surface area contributed by atoms with Crippen molar-refractivity contribution in [3.63, 3.8) is 0 Å². The fourth-order valence-corrected chi connectivity index (χ4v) is 3.92. The van der Waals surface area contributed by atoms with Gasteiger partial charge in [-0.15, -0.1) is 0 Å². The van der Waals surface area contributed by atoms with Crippen molar-refractivity contribution >= 4 is 21.8 Å². The normalized spacial score (nSPS) is 16.5. The van der Waals surface area contributed by atoms with E-state index < -0.39 is 22.0 Å². The summed E-state index contributed by atoms with van der Waals surface area (Å²) in [6.45, 7) is 1.75. The van der Waals surface area contributed by atoms with Gasteiger partial charge in [0.25, 0.3) is 5.91 Å². The van der Waals surface area contributed by atoms with E-state index in [4.69, 9.17) is 10.9 Å². The molecule has 1 atom stereocenters. The highest BCUT2D eigenvalue weighted by Crippen LogP contribution is 2.22. The van der Waals surface area contributed by atoms with Crippen LogP contribution in [0.4, 0.5) is 0 Å². The third-order valence-corrected chi connectivity index (χ3v) is 5.67. The van der Waals surface area contributed by atoms with Crippen molar-refractivity contribution in [1.29, 1.82) is 0 Å². The third-order valence-electron chi connectivity index (χ3n) is 4.76. The predicted octanol–water partition coefficient (Wildman–Crippen LogP) is 0.318. The maximum absolute atomic E-state index is 12.7. The zero-order valence-corrected chi connectivity index (χ0v) is 16.0. The first-order valence-electron chi connectivity index (χ1n) is 8.78. The largest absolute Gasteiger partial charge is 0.368 e. The average molecular weight is 402 g/mol. The van der Waals surface area contributed by atoms with Crippen LogP contribution >= 0.6 is 0 Å². The number of carbonyl (C=O) groups excluding carboxylic acids is 2. The minimum atomic E-state index is -3.88. The standard InChI is InChI=1S/C19H22N4O4S/c20-18(24)17(14-5-2-1-3-6-14)22-9-11-23(12-10-22)19(25)15-7-4-8-16(13-15)28(21,26)27/h1-8,13,17H,9-12H2,(H2,20,24)(H2,21,26,27). The first kappa shape index (κ1) is 20.0. The number of nitrogens with zero attached hydrogens (tertiary/aromatic N) is 2. The molecule has 148 valence electrons. The van der Waals surface area contributed by atoms with E-state index in [1.165, 1.54) is 18.2 Å². The van der Waals surface area contributed by atoms with E-state index in [0.717, 1.165) is 5.56 Å². The zero-order valence-electron chi connectivity index (χ0n) is 15.2. The topological polar surface area (TPSA) is 127 Å². The number of primary sulfonamides is 1. The number of benzene rings is 2. The van der Waals surface area contributed by atoms with Gasteiger partial charge in [-0.05, 0) is 23.8 Å². The van der Waals surface area contributed by atoms with E-state index in [9.17, 15) is 18.0 Å². The highest BCUT2D eigenvalue weighted by atomic mass is 32.2. The number of carbonyl (C=O) groups is 2. The van der Waals surface area contributed by atoms with E-state index >= 15 is 0 Å². The molecular formula is C19H22N4O4S.